The summed E-state index contributed by atoms with van der Waals surface area (Å²) in [5.74, 6) is 0.655. The van der Waals surface area contributed by atoms with Gasteiger partial charge >= 0.3 is 0 Å². The molecule has 2 N–H and O–H groups in total. The van der Waals surface area contributed by atoms with Crippen LogP contribution in [0.5, 0.6) is 0 Å². The van der Waals surface area contributed by atoms with Crippen LogP contribution in [0.1, 0.15) is 31.6 Å². The summed E-state index contributed by atoms with van der Waals surface area (Å²) in [7, 11) is 0. The topological polar surface area (TPSA) is 52.0 Å². The molecule has 0 bridgehead atoms. The summed E-state index contributed by atoms with van der Waals surface area (Å²) in [6, 6.07) is 5.45. The average molecular weight is 237 g/mol. The first kappa shape index (κ1) is 10.1. The van der Waals surface area contributed by atoms with E-state index in [1.54, 1.807) is 6.07 Å². The van der Waals surface area contributed by atoms with Gasteiger partial charge in [-0.2, -0.15) is 0 Å². The molecule has 1 aliphatic rings. The van der Waals surface area contributed by atoms with Gasteiger partial charge < -0.3 is 10.2 Å². The Balaban J connectivity index is 2.11. The van der Waals surface area contributed by atoms with Gasteiger partial charge in [0.15, 0.2) is 5.58 Å². The Labute approximate surface area is 98.6 Å². The van der Waals surface area contributed by atoms with Crippen molar-refractivity contribution < 1.29 is 4.42 Å². The molecule has 1 saturated carbocycles. The van der Waals surface area contributed by atoms with Crippen LogP contribution in [0.15, 0.2) is 22.6 Å². The summed E-state index contributed by atoms with van der Waals surface area (Å²) in [6.45, 7) is 0. The van der Waals surface area contributed by atoms with Crippen LogP contribution in [0.25, 0.3) is 11.1 Å². The molecular weight excluding hydrogens is 224 g/mol. The number of oxazole rings is 1. The highest BCUT2D eigenvalue weighted by molar-refractivity contribution is 6.31. The summed E-state index contributed by atoms with van der Waals surface area (Å²) in [5.41, 5.74) is 7.47. The van der Waals surface area contributed by atoms with E-state index >= 15 is 0 Å². The normalized spacial score (nSPS) is 19.4. The van der Waals surface area contributed by atoms with Crippen LogP contribution in [-0.4, -0.2) is 4.98 Å². The summed E-state index contributed by atoms with van der Waals surface area (Å²) in [5, 5.41) is 0.671. The summed E-state index contributed by atoms with van der Waals surface area (Å²) < 4.78 is 5.72. The van der Waals surface area contributed by atoms with Crippen molar-refractivity contribution in [3.63, 3.8) is 0 Å². The minimum absolute atomic E-state index is 0.370. The lowest BCUT2D eigenvalue weighted by Crippen LogP contribution is -2.33. The monoisotopic (exact) mass is 236 g/mol. The van der Waals surface area contributed by atoms with E-state index < -0.39 is 0 Å². The molecule has 0 amide bonds. The lowest BCUT2D eigenvalue weighted by Gasteiger charge is -2.18. The minimum atomic E-state index is -0.370. The van der Waals surface area contributed by atoms with E-state index in [2.05, 4.69) is 4.98 Å². The third-order valence-electron chi connectivity index (χ3n) is 3.27. The van der Waals surface area contributed by atoms with Gasteiger partial charge in [-0.1, -0.05) is 24.4 Å². The van der Waals surface area contributed by atoms with Crippen LogP contribution < -0.4 is 5.73 Å². The summed E-state index contributed by atoms with van der Waals surface area (Å²) in [6.07, 6.45) is 4.20. The van der Waals surface area contributed by atoms with Gasteiger partial charge in [0.2, 0.25) is 5.89 Å². The number of halogens is 1. The molecule has 0 atom stereocenters. The molecule has 1 heterocycles. The Morgan fingerprint density at radius 2 is 2.06 bits per heavy atom. The van der Waals surface area contributed by atoms with Gasteiger partial charge in [-0.3, -0.25) is 0 Å². The van der Waals surface area contributed by atoms with E-state index in [-0.39, 0.29) is 5.54 Å². The fraction of sp³-hybridized carbons (Fsp3) is 0.417. The third kappa shape index (κ3) is 1.51. The molecule has 3 nitrogen and oxygen atoms in total. The number of hydrogen-bond donors (Lipinski definition) is 1. The van der Waals surface area contributed by atoms with E-state index in [4.69, 9.17) is 21.8 Å². The fourth-order valence-electron chi connectivity index (χ4n) is 2.33. The van der Waals surface area contributed by atoms with E-state index in [1.165, 1.54) is 0 Å². The first-order valence-electron chi connectivity index (χ1n) is 5.53. The maximum absolute atomic E-state index is 6.29. The minimum Gasteiger partial charge on any atom is -0.439 e. The van der Waals surface area contributed by atoms with Crippen LogP contribution >= 0.6 is 11.6 Å². The largest absolute Gasteiger partial charge is 0.439 e. The van der Waals surface area contributed by atoms with Gasteiger partial charge in [0, 0.05) is 5.02 Å². The van der Waals surface area contributed by atoms with Gasteiger partial charge in [-0.05, 0) is 31.0 Å². The molecule has 2 aromatic rings. The number of aromatic nitrogens is 1. The van der Waals surface area contributed by atoms with Crippen molar-refractivity contribution in [2.24, 2.45) is 5.73 Å². The van der Waals surface area contributed by atoms with Crippen molar-refractivity contribution >= 4 is 22.7 Å². The van der Waals surface area contributed by atoms with Gasteiger partial charge in [-0.25, -0.2) is 4.98 Å². The molecule has 1 aromatic carbocycles. The second-order valence-corrected chi connectivity index (χ2v) is 4.93. The second-order valence-electron chi connectivity index (χ2n) is 4.49. The van der Waals surface area contributed by atoms with Crippen LogP contribution in [-0.2, 0) is 5.54 Å². The number of nitrogens with two attached hydrogens (primary N) is 1. The van der Waals surface area contributed by atoms with Crippen molar-refractivity contribution in [2.45, 2.75) is 31.2 Å². The van der Waals surface area contributed by atoms with Gasteiger partial charge in [0.25, 0.3) is 0 Å². The van der Waals surface area contributed by atoms with Crippen molar-refractivity contribution in [2.75, 3.05) is 0 Å². The maximum Gasteiger partial charge on any atom is 0.215 e. The molecule has 4 heteroatoms. The molecule has 1 aliphatic carbocycles. The Morgan fingerprint density at radius 3 is 2.81 bits per heavy atom. The molecule has 3 rings (SSSR count). The van der Waals surface area contributed by atoms with Crippen LogP contribution in [0.3, 0.4) is 0 Å². The Hall–Kier alpha value is -1.06. The highest BCUT2D eigenvalue weighted by atomic mass is 35.5. The predicted molar refractivity (Wildman–Crippen MR) is 63.4 cm³/mol. The van der Waals surface area contributed by atoms with E-state index in [0.717, 1.165) is 36.8 Å². The predicted octanol–water partition coefficient (Wildman–Crippen LogP) is 3.21. The fourth-order valence-corrected chi connectivity index (χ4v) is 2.50. The Morgan fingerprint density at radius 1 is 1.31 bits per heavy atom. The lowest BCUT2D eigenvalue weighted by atomic mass is 10.00. The van der Waals surface area contributed by atoms with Crippen LogP contribution in [0, 0.1) is 0 Å². The van der Waals surface area contributed by atoms with Crippen LogP contribution in [0.2, 0.25) is 5.02 Å². The Kier molecular flexibility index (Phi) is 2.19. The van der Waals surface area contributed by atoms with E-state index in [0.29, 0.717) is 10.9 Å². The molecule has 1 aromatic heterocycles. The summed E-state index contributed by atoms with van der Waals surface area (Å²) in [4.78, 5) is 4.45. The highest BCUT2D eigenvalue weighted by Crippen LogP contribution is 2.37. The zero-order chi connectivity index (χ0) is 11.2. The molecule has 0 spiro atoms. The lowest BCUT2D eigenvalue weighted by molar-refractivity contribution is 0.346. The van der Waals surface area contributed by atoms with Gasteiger partial charge in [-0.15, -0.1) is 0 Å². The third-order valence-corrected chi connectivity index (χ3v) is 3.51. The molecular formula is C12H13ClN2O. The van der Waals surface area contributed by atoms with Gasteiger partial charge in [0.1, 0.15) is 5.52 Å². The molecule has 1 fully saturated rings. The zero-order valence-electron chi connectivity index (χ0n) is 8.87. The molecule has 84 valence electrons. The quantitative estimate of drug-likeness (QED) is 0.827. The summed E-state index contributed by atoms with van der Waals surface area (Å²) >= 11 is 5.91. The Bertz CT molecular complexity index is 529. The number of benzene rings is 1. The maximum atomic E-state index is 6.29. The SMILES string of the molecule is NC1(c2nc3cc(Cl)ccc3o2)CCCC1. The highest BCUT2D eigenvalue weighted by Gasteiger charge is 2.36. The van der Waals surface area contributed by atoms with Crippen LogP contribution in [0.4, 0.5) is 0 Å². The van der Waals surface area contributed by atoms with Gasteiger partial charge in [0.05, 0.1) is 5.54 Å². The van der Waals surface area contributed by atoms with Crippen molar-refractivity contribution in [1.82, 2.24) is 4.98 Å². The first-order chi connectivity index (χ1) is 7.67. The van der Waals surface area contributed by atoms with E-state index in [1.807, 2.05) is 12.1 Å². The number of rotatable bonds is 1. The van der Waals surface area contributed by atoms with E-state index in [9.17, 15) is 0 Å². The number of hydrogen-bond acceptors (Lipinski definition) is 3. The average Bonchev–Trinajstić information content (AvgIpc) is 2.84. The molecule has 0 unspecified atom stereocenters. The number of nitrogens with zero attached hydrogens (tertiary/aromatic N) is 1. The first-order valence-corrected chi connectivity index (χ1v) is 5.91. The standard InChI is InChI=1S/C12H13ClN2O/c13-8-3-4-10-9(7-8)15-11(16-10)12(14)5-1-2-6-12/h3-4,7H,1-2,5-6,14H2. The smallest absolute Gasteiger partial charge is 0.215 e. The molecule has 0 saturated heterocycles. The zero-order valence-corrected chi connectivity index (χ0v) is 9.63. The molecule has 0 aliphatic heterocycles. The van der Waals surface area contributed by atoms with Crippen molar-refractivity contribution in [1.29, 1.82) is 0 Å². The second kappa shape index (κ2) is 3.47. The van der Waals surface area contributed by atoms with Crippen molar-refractivity contribution in [3.05, 3.63) is 29.1 Å². The molecule has 0 radical (unpaired) electrons. The molecule has 16 heavy (non-hydrogen) atoms. The number of fused-ring (bicyclic) bond motifs is 1. The van der Waals surface area contributed by atoms with Crippen molar-refractivity contribution in [3.8, 4) is 0 Å².